The van der Waals surface area contributed by atoms with Crippen molar-refractivity contribution in [1.82, 2.24) is 20.4 Å². The van der Waals surface area contributed by atoms with Crippen LogP contribution in [-0.2, 0) is 0 Å². The van der Waals surface area contributed by atoms with Crippen LogP contribution in [0, 0.1) is 0 Å². The third kappa shape index (κ3) is 4.02. The van der Waals surface area contributed by atoms with Crippen molar-refractivity contribution in [1.29, 1.82) is 0 Å². The molecular formula is C20H26N4O3. The quantitative estimate of drug-likeness (QED) is 0.869. The first-order valence-electron chi connectivity index (χ1n) is 9.65. The number of benzene rings is 1. The van der Waals surface area contributed by atoms with Gasteiger partial charge in [-0.05, 0) is 43.5 Å². The Balaban J connectivity index is 1.33. The van der Waals surface area contributed by atoms with E-state index in [1.54, 1.807) is 6.20 Å². The van der Waals surface area contributed by atoms with E-state index in [1.165, 1.54) is 0 Å². The van der Waals surface area contributed by atoms with Gasteiger partial charge in [0.15, 0.2) is 11.5 Å². The van der Waals surface area contributed by atoms with Crippen LogP contribution in [0.15, 0.2) is 30.5 Å². The number of fused-ring (bicyclic) bond motifs is 1. The van der Waals surface area contributed by atoms with Crippen LogP contribution in [0.5, 0.6) is 11.5 Å². The fraction of sp³-hybridized carbons (Fsp3) is 0.500. The van der Waals surface area contributed by atoms with E-state index in [-0.39, 0.29) is 12.1 Å². The number of nitrogens with zero attached hydrogens (tertiary/aromatic N) is 2. The molecule has 0 spiro atoms. The van der Waals surface area contributed by atoms with E-state index in [0.29, 0.717) is 19.1 Å². The zero-order valence-corrected chi connectivity index (χ0v) is 15.6. The van der Waals surface area contributed by atoms with Crippen LogP contribution in [0.4, 0.5) is 4.79 Å². The van der Waals surface area contributed by atoms with Gasteiger partial charge in [-0.2, -0.15) is 5.10 Å². The second-order valence-electron chi connectivity index (χ2n) is 7.20. The topological polar surface area (TPSA) is 79.5 Å². The molecule has 27 heavy (non-hydrogen) atoms. The molecule has 1 unspecified atom stereocenters. The Labute approximate surface area is 159 Å². The molecule has 3 heterocycles. The number of hydrogen-bond donors (Lipinski definition) is 2. The highest BCUT2D eigenvalue weighted by Crippen LogP contribution is 2.32. The van der Waals surface area contributed by atoms with E-state index < -0.39 is 0 Å². The maximum atomic E-state index is 12.7. The molecular weight excluding hydrogens is 344 g/mol. The van der Waals surface area contributed by atoms with E-state index in [9.17, 15) is 4.79 Å². The molecule has 2 aromatic rings. The first-order chi connectivity index (χ1) is 13.2. The molecule has 2 aliphatic rings. The first-order valence-corrected chi connectivity index (χ1v) is 9.65. The number of hydrogen-bond acceptors (Lipinski definition) is 4. The molecule has 0 saturated carbocycles. The van der Waals surface area contributed by atoms with Gasteiger partial charge < -0.3 is 19.7 Å². The van der Waals surface area contributed by atoms with Crippen LogP contribution >= 0.6 is 0 Å². The molecule has 2 N–H and O–H groups in total. The van der Waals surface area contributed by atoms with Crippen molar-refractivity contribution in [3.05, 3.63) is 41.7 Å². The minimum absolute atomic E-state index is 0.0160. The summed E-state index contributed by atoms with van der Waals surface area (Å²) in [5, 5.41) is 10.2. The highest BCUT2D eigenvalue weighted by molar-refractivity contribution is 5.74. The van der Waals surface area contributed by atoms with Crippen LogP contribution in [0.25, 0.3) is 0 Å². The SMILES string of the molecule is CC(NC(=O)N1CCC(c2ccn[nH]2)CC1)c1ccc2c(c1)OCCCO2. The number of nitrogens with one attached hydrogen (secondary N) is 2. The summed E-state index contributed by atoms with van der Waals surface area (Å²) in [6, 6.07) is 7.79. The van der Waals surface area contributed by atoms with Gasteiger partial charge in [-0.3, -0.25) is 5.10 Å². The number of aromatic nitrogens is 2. The Hall–Kier alpha value is -2.70. The van der Waals surface area contributed by atoms with Crippen molar-refractivity contribution >= 4 is 6.03 Å². The fourth-order valence-corrected chi connectivity index (χ4v) is 3.70. The van der Waals surface area contributed by atoms with Crippen molar-refractivity contribution in [2.75, 3.05) is 26.3 Å². The lowest BCUT2D eigenvalue weighted by Gasteiger charge is -2.32. The summed E-state index contributed by atoms with van der Waals surface area (Å²) in [5.41, 5.74) is 2.18. The Kier molecular flexibility index (Phi) is 5.18. The van der Waals surface area contributed by atoms with Crippen molar-refractivity contribution in [3.8, 4) is 11.5 Å². The molecule has 7 nitrogen and oxygen atoms in total. The van der Waals surface area contributed by atoms with Crippen LogP contribution < -0.4 is 14.8 Å². The number of ether oxygens (including phenoxy) is 2. The number of aromatic amines is 1. The van der Waals surface area contributed by atoms with E-state index in [2.05, 4.69) is 15.5 Å². The maximum Gasteiger partial charge on any atom is 0.317 e. The zero-order chi connectivity index (χ0) is 18.6. The van der Waals surface area contributed by atoms with Crippen molar-refractivity contribution < 1.29 is 14.3 Å². The van der Waals surface area contributed by atoms with Gasteiger partial charge in [0.05, 0.1) is 19.3 Å². The number of urea groups is 1. The molecule has 0 bridgehead atoms. The lowest BCUT2D eigenvalue weighted by atomic mass is 9.94. The van der Waals surface area contributed by atoms with Gasteiger partial charge in [0.1, 0.15) is 0 Å². The summed E-state index contributed by atoms with van der Waals surface area (Å²) in [5.74, 6) is 1.98. The van der Waals surface area contributed by atoms with Crippen molar-refractivity contribution in [2.45, 2.75) is 38.1 Å². The third-order valence-electron chi connectivity index (χ3n) is 5.36. The average Bonchev–Trinajstić information content (AvgIpc) is 3.13. The van der Waals surface area contributed by atoms with E-state index >= 15 is 0 Å². The molecule has 7 heteroatoms. The third-order valence-corrected chi connectivity index (χ3v) is 5.36. The standard InChI is InChI=1S/C20H26N4O3/c1-14(16-3-4-18-19(13-16)27-12-2-11-26-18)22-20(25)24-9-6-15(7-10-24)17-5-8-21-23-17/h3-5,8,13-15H,2,6-7,9-12H2,1H3,(H,21,23)(H,22,25). The average molecular weight is 370 g/mol. The van der Waals surface area contributed by atoms with Crippen LogP contribution in [0.2, 0.25) is 0 Å². The molecule has 0 aliphatic carbocycles. The summed E-state index contributed by atoms with van der Waals surface area (Å²) in [4.78, 5) is 14.6. The molecule has 2 amide bonds. The molecule has 1 fully saturated rings. The van der Waals surface area contributed by atoms with Gasteiger partial charge in [-0.1, -0.05) is 6.07 Å². The normalized spacial score (nSPS) is 18.6. The van der Waals surface area contributed by atoms with Gasteiger partial charge in [0.2, 0.25) is 0 Å². The van der Waals surface area contributed by atoms with Gasteiger partial charge in [0, 0.05) is 37.3 Å². The first kappa shape index (κ1) is 17.7. The lowest BCUT2D eigenvalue weighted by molar-refractivity contribution is 0.178. The highest BCUT2D eigenvalue weighted by atomic mass is 16.5. The van der Waals surface area contributed by atoms with Gasteiger partial charge in [-0.15, -0.1) is 0 Å². The van der Waals surface area contributed by atoms with Gasteiger partial charge in [-0.25, -0.2) is 4.79 Å². The second kappa shape index (κ2) is 7.90. The lowest BCUT2D eigenvalue weighted by Crippen LogP contribution is -2.44. The van der Waals surface area contributed by atoms with Crippen molar-refractivity contribution in [2.24, 2.45) is 0 Å². The zero-order valence-electron chi connectivity index (χ0n) is 15.6. The number of rotatable bonds is 3. The minimum atomic E-state index is -0.0972. The number of piperidine rings is 1. The smallest absolute Gasteiger partial charge is 0.317 e. The van der Waals surface area contributed by atoms with Crippen LogP contribution in [0.1, 0.15) is 49.4 Å². The molecule has 1 saturated heterocycles. The predicted octanol–water partition coefficient (Wildman–Crippen LogP) is 3.22. The number of likely N-dealkylation sites (tertiary alicyclic amines) is 1. The van der Waals surface area contributed by atoms with Gasteiger partial charge in [0.25, 0.3) is 0 Å². The number of carbonyl (C=O) groups is 1. The Morgan fingerprint density at radius 3 is 2.74 bits per heavy atom. The number of H-pyrrole nitrogens is 1. The minimum Gasteiger partial charge on any atom is -0.490 e. The summed E-state index contributed by atoms with van der Waals surface area (Å²) in [6.45, 7) is 4.83. The molecule has 2 aliphatic heterocycles. The number of carbonyl (C=O) groups excluding carboxylic acids is 1. The van der Waals surface area contributed by atoms with Crippen LogP contribution in [-0.4, -0.2) is 47.4 Å². The molecule has 1 atom stereocenters. The Morgan fingerprint density at radius 1 is 1.22 bits per heavy atom. The summed E-state index contributed by atoms with van der Waals surface area (Å²) < 4.78 is 11.4. The number of amides is 2. The van der Waals surface area contributed by atoms with Crippen LogP contribution in [0.3, 0.4) is 0 Å². The maximum absolute atomic E-state index is 12.7. The van der Waals surface area contributed by atoms with E-state index in [1.807, 2.05) is 36.1 Å². The Morgan fingerprint density at radius 2 is 2.00 bits per heavy atom. The molecule has 1 aromatic heterocycles. The molecule has 144 valence electrons. The highest BCUT2D eigenvalue weighted by Gasteiger charge is 2.25. The molecule has 4 rings (SSSR count). The summed E-state index contributed by atoms with van der Waals surface area (Å²) in [7, 11) is 0. The monoisotopic (exact) mass is 370 g/mol. The van der Waals surface area contributed by atoms with E-state index in [0.717, 1.165) is 55.1 Å². The van der Waals surface area contributed by atoms with Gasteiger partial charge >= 0.3 is 6.03 Å². The predicted molar refractivity (Wildman–Crippen MR) is 101 cm³/mol. The molecule has 1 aromatic carbocycles. The summed E-state index contributed by atoms with van der Waals surface area (Å²) in [6.07, 6.45) is 4.57. The van der Waals surface area contributed by atoms with E-state index in [4.69, 9.17) is 9.47 Å². The summed E-state index contributed by atoms with van der Waals surface area (Å²) >= 11 is 0. The van der Waals surface area contributed by atoms with Crippen molar-refractivity contribution in [3.63, 3.8) is 0 Å². The Bertz CT molecular complexity index is 770. The second-order valence-corrected chi connectivity index (χ2v) is 7.20. The largest absolute Gasteiger partial charge is 0.490 e. The fourth-order valence-electron chi connectivity index (χ4n) is 3.70. The molecule has 0 radical (unpaired) electrons.